The summed E-state index contributed by atoms with van der Waals surface area (Å²) in [5.41, 5.74) is 3.09. The van der Waals surface area contributed by atoms with Gasteiger partial charge in [0.1, 0.15) is 0 Å². The molecular weight excluding hydrogens is 330 g/mol. The van der Waals surface area contributed by atoms with E-state index in [9.17, 15) is 9.59 Å². The molecule has 0 spiro atoms. The fraction of sp³-hybridized carbons (Fsp3) is 0.250. The lowest BCUT2D eigenvalue weighted by Gasteiger charge is -2.26. The largest absolute Gasteiger partial charge is 0.465 e. The highest BCUT2D eigenvalue weighted by Gasteiger charge is 2.34. The fourth-order valence-corrected chi connectivity index (χ4v) is 3.38. The zero-order chi connectivity index (χ0) is 18.1. The fourth-order valence-electron chi connectivity index (χ4n) is 3.38. The number of ketones is 1. The molecule has 0 atom stereocenters. The SMILES string of the molecule is COC(=O)c1ccc(C(=O)CN2C3=NCCCN3c3ccccc32)cc1. The number of Topliss-reactive ketones (excluding diaryl/α,β-unsaturated/α-hetero) is 1. The van der Waals surface area contributed by atoms with Crippen molar-refractivity contribution in [3.8, 4) is 0 Å². The number of aliphatic imine (C=N–C) groups is 1. The lowest BCUT2D eigenvalue weighted by atomic mass is 10.1. The summed E-state index contributed by atoms with van der Waals surface area (Å²) in [5.74, 6) is 0.410. The van der Waals surface area contributed by atoms with Crippen LogP contribution in [0.15, 0.2) is 53.5 Å². The molecule has 4 rings (SSSR count). The Kier molecular flexibility index (Phi) is 4.16. The summed E-state index contributed by atoms with van der Waals surface area (Å²) in [6, 6.07) is 14.6. The highest BCUT2D eigenvalue weighted by atomic mass is 16.5. The van der Waals surface area contributed by atoms with Crippen LogP contribution in [0.3, 0.4) is 0 Å². The Balaban J connectivity index is 1.59. The predicted molar refractivity (Wildman–Crippen MR) is 100 cm³/mol. The molecule has 2 aromatic rings. The van der Waals surface area contributed by atoms with E-state index in [1.807, 2.05) is 23.1 Å². The van der Waals surface area contributed by atoms with Crippen molar-refractivity contribution >= 4 is 29.1 Å². The van der Waals surface area contributed by atoms with Crippen molar-refractivity contribution in [3.05, 3.63) is 59.7 Å². The molecule has 0 N–H and O–H groups in total. The van der Waals surface area contributed by atoms with Gasteiger partial charge in [0.25, 0.3) is 0 Å². The van der Waals surface area contributed by atoms with Gasteiger partial charge in [-0.3, -0.25) is 9.79 Å². The van der Waals surface area contributed by atoms with E-state index in [0.29, 0.717) is 11.1 Å². The quantitative estimate of drug-likeness (QED) is 0.627. The van der Waals surface area contributed by atoms with E-state index in [4.69, 9.17) is 0 Å². The molecule has 2 aromatic carbocycles. The second-order valence-electron chi connectivity index (χ2n) is 6.25. The Bertz CT molecular complexity index is 889. The van der Waals surface area contributed by atoms with Crippen LogP contribution in [0.1, 0.15) is 27.1 Å². The van der Waals surface area contributed by atoms with Crippen LogP contribution in [0, 0.1) is 0 Å². The van der Waals surface area contributed by atoms with Crippen LogP contribution in [-0.4, -0.2) is 44.5 Å². The molecule has 2 aliphatic rings. The summed E-state index contributed by atoms with van der Waals surface area (Å²) in [5, 5.41) is 0. The number of ether oxygens (including phenoxy) is 1. The van der Waals surface area contributed by atoms with Gasteiger partial charge in [0.05, 0.1) is 30.6 Å². The smallest absolute Gasteiger partial charge is 0.337 e. The third-order valence-electron chi connectivity index (χ3n) is 4.67. The third-order valence-corrected chi connectivity index (χ3v) is 4.67. The lowest BCUT2D eigenvalue weighted by molar-refractivity contribution is 0.0600. The minimum Gasteiger partial charge on any atom is -0.465 e. The van der Waals surface area contributed by atoms with Crippen LogP contribution in [0.2, 0.25) is 0 Å². The third kappa shape index (κ3) is 2.73. The Morgan fingerprint density at radius 3 is 2.46 bits per heavy atom. The molecule has 2 heterocycles. The van der Waals surface area contributed by atoms with Crippen LogP contribution >= 0.6 is 0 Å². The van der Waals surface area contributed by atoms with Gasteiger partial charge in [-0.25, -0.2) is 4.79 Å². The standard InChI is InChI=1S/C20H19N3O3/c1-26-19(25)15-9-7-14(8-10-15)18(24)13-23-17-6-3-2-5-16(17)22-12-4-11-21-20(22)23/h2-3,5-10H,4,11-13H2,1H3. The van der Waals surface area contributed by atoms with Crippen molar-refractivity contribution < 1.29 is 14.3 Å². The number of esters is 1. The second kappa shape index (κ2) is 6.63. The van der Waals surface area contributed by atoms with Crippen LogP contribution in [0.25, 0.3) is 0 Å². The monoisotopic (exact) mass is 349 g/mol. The minimum absolute atomic E-state index is 0.0219. The first kappa shape index (κ1) is 16.3. The number of para-hydroxylation sites is 2. The van der Waals surface area contributed by atoms with E-state index in [0.717, 1.165) is 36.8 Å². The summed E-state index contributed by atoms with van der Waals surface area (Å²) in [6.45, 7) is 1.90. The summed E-state index contributed by atoms with van der Waals surface area (Å²) in [6.07, 6.45) is 1.01. The molecule has 0 unspecified atom stereocenters. The summed E-state index contributed by atoms with van der Waals surface area (Å²) in [7, 11) is 1.34. The normalized spacial score (nSPS) is 15.2. The van der Waals surface area contributed by atoms with Gasteiger partial charge in [-0.05, 0) is 30.7 Å². The average molecular weight is 349 g/mol. The molecule has 132 valence electrons. The Hall–Kier alpha value is -3.15. The number of hydrogen-bond acceptors (Lipinski definition) is 6. The average Bonchev–Trinajstić information content (AvgIpc) is 3.01. The Morgan fingerprint density at radius 2 is 1.73 bits per heavy atom. The van der Waals surface area contributed by atoms with Crippen LogP contribution in [0.5, 0.6) is 0 Å². The van der Waals surface area contributed by atoms with Crippen LogP contribution < -0.4 is 9.80 Å². The molecule has 6 heteroatoms. The lowest BCUT2D eigenvalue weighted by Crippen LogP contribution is -2.43. The van der Waals surface area contributed by atoms with Crippen molar-refractivity contribution in [2.75, 3.05) is 36.5 Å². The Labute approximate surface area is 151 Å². The number of carbonyl (C=O) groups is 2. The first-order valence-corrected chi connectivity index (χ1v) is 8.59. The van der Waals surface area contributed by atoms with Crippen LogP contribution in [-0.2, 0) is 4.74 Å². The van der Waals surface area contributed by atoms with E-state index in [1.54, 1.807) is 24.3 Å². The van der Waals surface area contributed by atoms with Gasteiger partial charge in [0, 0.05) is 18.7 Å². The number of guanidine groups is 1. The predicted octanol–water partition coefficient (Wildman–Crippen LogP) is 2.74. The van der Waals surface area contributed by atoms with Crippen molar-refractivity contribution in [3.63, 3.8) is 0 Å². The van der Waals surface area contributed by atoms with Crippen molar-refractivity contribution in [2.24, 2.45) is 4.99 Å². The minimum atomic E-state index is -0.412. The number of nitrogens with zero attached hydrogens (tertiary/aromatic N) is 3. The maximum absolute atomic E-state index is 12.8. The Morgan fingerprint density at radius 1 is 1.04 bits per heavy atom. The highest BCUT2D eigenvalue weighted by Crippen LogP contribution is 2.38. The van der Waals surface area contributed by atoms with Gasteiger partial charge in [-0.1, -0.05) is 24.3 Å². The maximum Gasteiger partial charge on any atom is 0.337 e. The van der Waals surface area contributed by atoms with Gasteiger partial charge in [0.15, 0.2) is 5.78 Å². The molecule has 0 saturated heterocycles. The van der Waals surface area contributed by atoms with Crippen molar-refractivity contribution in [1.82, 2.24) is 0 Å². The number of hydrogen-bond donors (Lipinski definition) is 0. The van der Waals surface area contributed by atoms with E-state index in [1.165, 1.54) is 7.11 Å². The molecule has 0 saturated carbocycles. The number of anilines is 2. The molecule has 0 bridgehead atoms. The number of methoxy groups -OCH3 is 1. The molecule has 0 fully saturated rings. The first-order chi connectivity index (χ1) is 12.7. The molecule has 0 aliphatic carbocycles. The van der Waals surface area contributed by atoms with Gasteiger partial charge >= 0.3 is 5.97 Å². The summed E-state index contributed by atoms with van der Waals surface area (Å²) < 4.78 is 4.69. The molecule has 0 radical (unpaired) electrons. The van der Waals surface area contributed by atoms with Crippen molar-refractivity contribution in [1.29, 1.82) is 0 Å². The van der Waals surface area contributed by atoms with Crippen molar-refractivity contribution in [2.45, 2.75) is 6.42 Å². The number of benzene rings is 2. The number of carbonyl (C=O) groups excluding carboxylic acids is 2. The van der Waals surface area contributed by atoms with Gasteiger partial charge in [-0.15, -0.1) is 0 Å². The second-order valence-corrected chi connectivity index (χ2v) is 6.25. The maximum atomic E-state index is 12.8. The number of rotatable bonds is 4. The molecule has 2 aliphatic heterocycles. The zero-order valence-electron chi connectivity index (χ0n) is 14.5. The van der Waals surface area contributed by atoms with E-state index < -0.39 is 5.97 Å². The molecular formula is C20H19N3O3. The summed E-state index contributed by atoms with van der Waals surface area (Å²) in [4.78, 5) is 33.1. The van der Waals surface area contributed by atoms with Gasteiger partial charge in [-0.2, -0.15) is 0 Å². The van der Waals surface area contributed by atoms with E-state index in [-0.39, 0.29) is 12.3 Å². The van der Waals surface area contributed by atoms with Gasteiger partial charge < -0.3 is 14.5 Å². The molecule has 0 amide bonds. The first-order valence-electron chi connectivity index (χ1n) is 8.59. The molecule has 0 aromatic heterocycles. The molecule has 26 heavy (non-hydrogen) atoms. The van der Waals surface area contributed by atoms with Crippen LogP contribution in [0.4, 0.5) is 11.4 Å². The number of fused-ring (bicyclic) bond motifs is 3. The zero-order valence-corrected chi connectivity index (χ0v) is 14.5. The molecule has 6 nitrogen and oxygen atoms in total. The topological polar surface area (TPSA) is 62.2 Å². The van der Waals surface area contributed by atoms with E-state index in [2.05, 4.69) is 20.7 Å². The van der Waals surface area contributed by atoms with E-state index >= 15 is 0 Å². The van der Waals surface area contributed by atoms with Gasteiger partial charge in [0.2, 0.25) is 5.96 Å². The highest BCUT2D eigenvalue weighted by molar-refractivity contribution is 6.19. The summed E-state index contributed by atoms with van der Waals surface area (Å²) >= 11 is 0.